The number of carbonyl (C=O) groups is 2. The predicted molar refractivity (Wildman–Crippen MR) is 138 cm³/mol. The summed E-state index contributed by atoms with van der Waals surface area (Å²) in [6.45, 7) is -0.0282. The number of benzene rings is 4. The molecule has 2 N–H and O–H groups in total. The summed E-state index contributed by atoms with van der Waals surface area (Å²) in [4.78, 5) is 24.2. The van der Waals surface area contributed by atoms with Crippen LogP contribution in [0.25, 0.3) is 0 Å². The Morgan fingerprint density at radius 3 is 1.58 bits per heavy atom. The Kier molecular flexibility index (Phi) is 8.67. The molecule has 0 aliphatic carbocycles. The molecule has 0 fully saturated rings. The van der Waals surface area contributed by atoms with Gasteiger partial charge in [-0.3, -0.25) is 9.59 Å². The van der Waals surface area contributed by atoms with Gasteiger partial charge in [-0.05, 0) is 66.2 Å². The fourth-order valence-corrected chi connectivity index (χ4v) is 3.24. The van der Waals surface area contributed by atoms with Crippen LogP contribution in [-0.4, -0.2) is 25.0 Å². The van der Waals surface area contributed by atoms with Crippen LogP contribution in [-0.2, 0) is 20.9 Å². The van der Waals surface area contributed by atoms with Crippen LogP contribution < -0.4 is 20.1 Å². The third-order valence-corrected chi connectivity index (χ3v) is 4.97. The highest BCUT2D eigenvalue weighted by Crippen LogP contribution is 2.22. The average Bonchev–Trinajstić information content (AvgIpc) is 2.91. The Balaban J connectivity index is 1.14. The Morgan fingerprint density at radius 1 is 0.556 bits per heavy atom. The second kappa shape index (κ2) is 12.7. The van der Waals surface area contributed by atoms with Crippen LogP contribution in [0, 0.1) is 0 Å². The number of ether oxygens (including phenoxy) is 3. The van der Waals surface area contributed by atoms with Crippen molar-refractivity contribution in [2.45, 2.75) is 6.61 Å². The van der Waals surface area contributed by atoms with Crippen LogP contribution in [0.15, 0.2) is 109 Å². The van der Waals surface area contributed by atoms with Gasteiger partial charge in [-0.1, -0.05) is 48.5 Å². The fourth-order valence-electron chi connectivity index (χ4n) is 3.24. The number of anilines is 2. The molecule has 0 spiro atoms. The van der Waals surface area contributed by atoms with Gasteiger partial charge in [0.25, 0.3) is 0 Å². The van der Waals surface area contributed by atoms with Gasteiger partial charge in [0.15, 0.2) is 0 Å². The van der Waals surface area contributed by atoms with Gasteiger partial charge in [0, 0.05) is 11.4 Å². The van der Waals surface area contributed by atoms with Gasteiger partial charge in [-0.15, -0.1) is 0 Å². The quantitative estimate of drug-likeness (QED) is 0.288. The second-order valence-electron chi connectivity index (χ2n) is 7.83. The highest BCUT2D eigenvalue weighted by Gasteiger charge is 2.07. The third-order valence-electron chi connectivity index (χ3n) is 4.97. The lowest BCUT2D eigenvalue weighted by Crippen LogP contribution is -2.23. The van der Waals surface area contributed by atoms with Crippen molar-refractivity contribution >= 4 is 23.2 Å². The summed E-state index contributed by atoms with van der Waals surface area (Å²) in [5.74, 6) is 1.36. The Bertz CT molecular complexity index is 1240. The molecule has 0 saturated heterocycles. The number of hydrogen-bond donors (Lipinski definition) is 2. The normalized spacial score (nSPS) is 10.3. The molecule has 7 heteroatoms. The first-order valence-electron chi connectivity index (χ1n) is 11.4. The molecule has 0 unspecified atom stereocenters. The smallest absolute Gasteiger partial charge is 0.250 e. The first-order valence-corrected chi connectivity index (χ1v) is 11.4. The van der Waals surface area contributed by atoms with Gasteiger partial charge in [-0.25, -0.2) is 0 Å². The van der Waals surface area contributed by atoms with Gasteiger partial charge in [0.05, 0.1) is 0 Å². The second-order valence-corrected chi connectivity index (χ2v) is 7.83. The topological polar surface area (TPSA) is 85.9 Å². The summed E-state index contributed by atoms with van der Waals surface area (Å²) in [6, 6.07) is 33.3. The summed E-state index contributed by atoms with van der Waals surface area (Å²) in [7, 11) is 0. The number of amides is 2. The van der Waals surface area contributed by atoms with Crippen molar-refractivity contribution in [2.75, 3.05) is 23.8 Å². The van der Waals surface area contributed by atoms with E-state index in [1.54, 1.807) is 48.5 Å². The monoisotopic (exact) mass is 482 g/mol. The van der Waals surface area contributed by atoms with E-state index < -0.39 is 0 Å². The van der Waals surface area contributed by atoms with Crippen molar-refractivity contribution in [3.05, 3.63) is 115 Å². The van der Waals surface area contributed by atoms with Crippen molar-refractivity contribution < 1.29 is 23.8 Å². The molecule has 36 heavy (non-hydrogen) atoms. The number of rotatable bonds is 11. The molecule has 4 aromatic carbocycles. The Hall–Kier alpha value is -4.62. The maximum absolute atomic E-state index is 12.1. The zero-order valence-corrected chi connectivity index (χ0v) is 19.6. The summed E-state index contributed by atoms with van der Waals surface area (Å²) in [5, 5.41) is 5.45. The van der Waals surface area contributed by atoms with Crippen molar-refractivity contribution in [2.24, 2.45) is 0 Å². The van der Waals surface area contributed by atoms with Gasteiger partial charge >= 0.3 is 0 Å². The van der Waals surface area contributed by atoms with Crippen molar-refractivity contribution in [1.29, 1.82) is 0 Å². The minimum absolute atomic E-state index is 0.246. The molecule has 0 radical (unpaired) electrons. The van der Waals surface area contributed by atoms with E-state index in [0.29, 0.717) is 29.5 Å². The first-order chi connectivity index (χ1) is 17.6. The molecule has 4 aromatic rings. The van der Waals surface area contributed by atoms with Crippen LogP contribution in [0.2, 0.25) is 0 Å². The molecule has 0 bridgehead atoms. The molecular weight excluding hydrogens is 456 g/mol. The number of hydrogen-bond acceptors (Lipinski definition) is 5. The zero-order chi connectivity index (χ0) is 25.0. The maximum Gasteiger partial charge on any atom is 0.250 e. The van der Waals surface area contributed by atoms with Gasteiger partial charge < -0.3 is 24.8 Å². The van der Waals surface area contributed by atoms with E-state index >= 15 is 0 Å². The lowest BCUT2D eigenvalue weighted by molar-refractivity contribution is -0.125. The summed E-state index contributed by atoms with van der Waals surface area (Å²) < 4.78 is 16.7. The minimum atomic E-state index is -0.362. The molecule has 0 saturated carbocycles. The first kappa shape index (κ1) is 24.5. The van der Waals surface area contributed by atoms with E-state index in [0.717, 1.165) is 11.3 Å². The average molecular weight is 483 g/mol. The molecule has 4 rings (SSSR count). The summed E-state index contributed by atoms with van der Waals surface area (Å²) in [6.07, 6.45) is 0. The van der Waals surface area contributed by atoms with E-state index in [1.807, 2.05) is 60.7 Å². The van der Waals surface area contributed by atoms with Gasteiger partial charge in [-0.2, -0.15) is 0 Å². The van der Waals surface area contributed by atoms with Crippen LogP contribution in [0.4, 0.5) is 11.4 Å². The van der Waals surface area contributed by atoms with E-state index in [2.05, 4.69) is 10.6 Å². The van der Waals surface area contributed by atoms with Crippen molar-refractivity contribution in [3.8, 4) is 17.2 Å². The summed E-state index contributed by atoms with van der Waals surface area (Å²) in [5.41, 5.74) is 2.28. The molecule has 0 heterocycles. The van der Waals surface area contributed by atoms with E-state index in [9.17, 15) is 9.59 Å². The minimum Gasteiger partial charge on any atom is -0.489 e. The fraction of sp³-hybridized carbons (Fsp3) is 0.103. The molecule has 0 atom stereocenters. The zero-order valence-electron chi connectivity index (χ0n) is 19.6. The number of carbonyl (C=O) groups excluding carboxylic acids is 2. The molecule has 0 aliphatic heterocycles. The molecule has 0 aromatic heterocycles. The van der Waals surface area contributed by atoms with E-state index in [-0.39, 0.29) is 25.0 Å². The van der Waals surface area contributed by atoms with Crippen molar-refractivity contribution in [3.63, 3.8) is 0 Å². The highest BCUT2D eigenvalue weighted by molar-refractivity contribution is 5.93. The Morgan fingerprint density at radius 2 is 1.03 bits per heavy atom. The number of nitrogens with one attached hydrogen (secondary N) is 2. The predicted octanol–water partition coefficient (Wildman–Crippen LogP) is 5.65. The van der Waals surface area contributed by atoms with Crippen LogP contribution in [0.3, 0.4) is 0 Å². The van der Waals surface area contributed by atoms with Crippen molar-refractivity contribution in [1.82, 2.24) is 0 Å². The third kappa shape index (κ3) is 8.00. The van der Waals surface area contributed by atoms with E-state index in [4.69, 9.17) is 14.2 Å². The van der Waals surface area contributed by atoms with Crippen LogP contribution in [0.1, 0.15) is 5.56 Å². The van der Waals surface area contributed by atoms with Gasteiger partial charge in [0.2, 0.25) is 11.8 Å². The Labute approximate surface area is 209 Å². The number of para-hydroxylation sites is 1. The lowest BCUT2D eigenvalue weighted by Gasteiger charge is -2.10. The maximum atomic E-state index is 12.1. The summed E-state index contributed by atoms with van der Waals surface area (Å²) >= 11 is 0. The van der Waals surface area contributed by atoms with Gasteiger partial charge in [0.1, 0.15) is 37.1 Å². The van der Waals surface area contributed by atoms with E-state index in [1.165, 1.54) is 0 Å². The van der Waals surface area contributed by atoms with Crippen LogP contribution in [0.5, 0.6) is 17.2 Å². The largest absolute Gasteiger partial charge is 0.489 e. The molecule has 2 amide bonds. The molecule has 182 valence electrons. The lowest BCUT2D eigenvalue weighted by atomic mass is 10.2. The molecule has 7 nitrogen and oxygen atoms in total. The highest BCUT2D eigenvalue weighted by atomic mass is 16.5. The standard InChI is InChI=1S/C29H26N2O5/c32-28(30-23-11-15-25(16-12-23)35-19-22-7-3-1-4-8-22)20-34-21-29(33)31-24-13-17-27(18-14-24)36-26-9-5-2-6-10-26/h1-18H,19-21H2,(H,30,32)(H,31,33). The molecular formula is C29H26N2O5. The SMILES string of the molecule is O=C(COCC(=O)Nc1ccc(Oc2ccccc2)cc1)Nc1ccc(OCc2ccccc2)cc1. The van der Waals surface area contributed by atoms with Crippen LogP contribution >= 0.6 is 0 Å². The molecule has 0 aliphatic rings.